The minimum absolute atomic E-state index is 0.0904. The van der Waals surface area contributed by atoms with Crippen LogP contribution in [-0.2, 0) is 19.9 Å². The van der Waals surface area contributed by atoms with Gasteiger partial charge in [-0.05, 0) is 18.8 Å². The average Bonchev–Trinajstić information content (AvgIpc) is 2.14. The van der Waals surface area contributed by atoms with E-state index in [0.717, 1.165) is 0 Å². The number of nitrogens with zero attached hydrogens (tertiary/aromatic N) is 1. The number of sulfonamides is 1. The Hall–Kier alpha value is -0.140. The molecule has 17 heavy (non-hydrogen) atoms. The lowest BCUT2D eigenvalue weighted by molar-refractivity contribution is 0.344. The predicted octanol–water partition coefficient (Wildman–Crippen LogP) is 0.481. The van der Waals surface area contributed by atoms with E-state index in [1.54, 1.807) is 0 Å². The van der Waals surface area contributed by atoms with Crippen molar-refractivity contribution in [2.45, 2.75) is 31.9 Å². The molecule has 1 saturated heterocycles. The fraction of sp³-hybridized carbons (Fsp3) is 1.00. The SMILES string of the molecule is CC(C)CS(=O)(=O)N1CCC(S(C)(=O)=O)CC1. The summed E-state index contributed by atoms with van der Waals surface area (Å²) in [6.07, 6.45) is 2.04. The van der Waals surface area contributed by atoms with Crippen molar-refractivity contribution in [1.29, 1.82) is 0 Å². The van der Waals surface area contributed by atoms with Crippen LogP contribution in [0, 0.1) is 5.92 Å². The molecule has 1 fully saturated rings. The zero-order valence-corrected chi connectivity index (χ0v) is 12.2. The molecule has 1 heterocycles. The molecule has 102 valence electrons. The summed E-state index contributed by atoms with van der Waals surface area (Å²) in [4.78, 5) is 0. The smallest absolute Gasteiger partial charge is 0.214 e. The van der Waals surface area contributed by atoms with Crippen molar-refractivity contribution in [2.75, 3.05) is 25.1 Å². The van der Waals surface area contributed by atoms with Crippen molar-refractivity contribution >= 4 is 19.9 Å². The van der Waals surface area contributed by atoms with Gasteiger partial charge in [-0.15, -0.1) is 0 Å². The molecule has 0 radical (unpaired) electrons. The second-order valence-electron chi connectivity index (χ2n) is 5.10. The maximum Gasteiger partial charge on any atom is 0.214 e. The molecule has 0 saturated carbocycles. The number of hydrogen-bond acceptors (Lipinski definition) is 4. The maximum absolute atomic E-state index is 11.9. The topological polar surface area (TPSA) is 71.5 Å². The first-order valence-corrected chi connectivity index (χ1v) is 9.36. The van der Waals surface area contributed by atoms with Crippen LogP contribution in [0.15, 0.2) is 0 Å². The second-order valence-corrected chi connectivity index (χ2v) is 9.44. The van der Waals surface area contributed by atoms with Gasteiger partial charge in [0.2, 0.25) is 10.0 Å². The molecule has 0 amide bonds. The summed E-state index contributed by atoms with van der Waals surface area (Å²) in [5.74, 6) is 0.226. The van der Waals surface area contributed by atoms with Gasteiger partial charge in [-0.2, -0.15) is 0 Å². The zero-order valence-electron chi connectivity index (χ0n) is 10.6. The molecule has 0 aromatic carbocycles. The normalized spacial score (nSPS) is 20.9. The van der Waals surface area contributed by atoms with Crippen molar-refractivity contribution in [3.8, 4) is 0 Å². The van der Waals surface area contributed by atoms with E-state index in [1.807, 2.05) is 13.8 Å². The van der Waals surface area contributed by atoms with Crippen LogP contribution in [0.4, 0.5) is 0 Å². The van der Waals surface area contributed by atoms with E-state index >= 15 is 0 Å². The molecule has 0 aromatic rings. The average molecular weight is 283 g/mol. The molecular weight excluding hydrogens is 262 g/mol. The van der Waals surface area contributed by atoms with Gasteiger partial charge in [-0.1, -0.05) is 13.8 Å². The lowest BCUT2D eigenvalue weighted by Gasteiger charge is -2.30. The van der Waals surface area contributed by atoms with Crippen LogP contribution in [0.2, 0.25) is 0 Å². The van der Waals surface area contributed by atoms with E-state index in [4.69, 9.17) is 0 Å². The maximum atomic E-state index is 11.9. The van der Waals surface area contributed by atoms with E-state index in [-0.39, 0.29) is 16.9 Å². The minimum atomic E-state index is -3.21. The van der Waals surface area contributed by atoms with Crippen molar-refractivity contribution in [2.24, 2.45) is 5.92 Å². The lowest BCUT2D eigenvalue weighted by Crippen LogP contribution is -2.43. The molecule has 1 aliphatic rings. The van der Waals surface area contributed by atoms with Crippen LogP contribution in [0.5, 0.6) is 0 Å². The third-order valence-corrected chi connectivity index (χ3v) is 6.87. The summed E-state index contributed by atoms with van der Waals surface area (Å²) in [6, 6.07) is 0. The molecule has 0 unspecified atom stereocenters. The molecular formula is C10H21NO4S2. The van der Waals surface area contributed by atoms with Gasteiger partial charge >= 0.3 is 0 Å². The second kappa shape index (κ2) is 5.24. The standard InChI is InChI=1S/C10H21NO4S2/c1-9(2)8-17(14,15)11-6-4-10(5-7-11)16(3,12)13/h9-10H,4-8H2,1-3H3. The highest BCUT2D eigenvalue weighted by Gasteiger charge is 2.32. The first-order chi connectivity index (χ1) is 7.63. The molecule has 5 nitrogen and oxygen atoms in total. The van der Waals surface area contributed by atoms with Gasteiger partial charge in [0.15, 0.2) is 0 Å². The molecule has 7 heteroatoms. The quantitative estimate of drug-likeness (QED) is 0.752. The van der Waals surface area contributed by atoms with Gasteiger partial charge < -0.3 is 0 Å². The summed E-state index contributed by atoms with van der Waals surface area (Å²) in [5, 5.41) is -0.381. The number of hydrogen-bond donors (Lipinski definition) is 0. The highest BCUT2D eigenvalue weighted by Crippen LogP contribution is 2.20. The van der Waals surface area contributed by atoms with Gasteiger partial charge in [0.25, 0.3) is 0 Å². The summed E-state index contributed by atoms with van der Waals surface area (Å²) >= 11 is 0. The Bertz CT molecular complexity index is 445. The van der Waals surface area contributed by atoms with Crippen molar-refractivity contribution in [3.05, 3.63) is 0 Å². The van der Waals surface area contributed by atoms with Gasteiger partial charge in [0.05, 0.1) is 11.0 Å². The minimum Gasteiger partial charge on any atom is -0.229 e. The van der Waals surface area contributed by atoms with E-state index < -0.39 is 19.9 Å². The van der Waals surface area contributed by atoms with Crippen LogP contribution in [0.3, 0.4) is 0 Å². The first-order valence-electron chi connectivity index (χ1n) is 5.79. The first kappa shape index (κ1) is 14.9. The Kier molecular flexibility index (Phi) is 4.60. The molecule has 0 bridgehead atoms. The van der Waals surface area contributed by atoms with Crippen LogP contribution in [-0.4, -0.2) is 51.5 Å². The fourth-order valence-corrected chi connectivity index (χ4v) is 4.95. The molecule has 0 N–H and O–H groups in total. The molecule has 1 aliphatic heterocycles. The lowest BCUT2D eigenvalue weighted by atomic mass is 10.2. The van der Waals surface area contributed by atoms with E-state index in [1.165, 1.54) is 10.6 Å². The molecule has 0 spiro atoms. The van der Waals surface area contributed by atoms with E-state index in [0.29, 0.717) is 25.9 Å². The summed E-state index contributed by atoms with van der Waals surface area (Å²) in [6.45, 7) is 4.38. The van der Waals surface area contributed by atoms with Gasteiger partial charge in [-0.25, -0.2) is 21.1 Å². The van der Waals surface area contributed by atoms with Crippen LogP contribution in [0.25, 0.3) is 0 Å². The van der Waals surface area contributed by atoms with Crippen LogP contribution in [0.1, 0.15) is 26.7 Å². The Morgan fingerprint density at radius 2 is 1.59 bits per heavy atom. The number of piperidine rings is 1. The molecule has 0 aromatic heterocycles. The third-order valence-electron chi connectivity index (χ3n) is 2.94. The largest absolute Gasteiger partial charge is 0.229 e. The summed E-state index contributed by atoms with van der Waals surface area (Å²) < 4.78 is 48.0. The highest BCUT2D eigenvalue weighted by molar-refractivity contribution is 7.91. The monoisotopic (exact) mass is 283 g/mol. The van der Waals surface area contributed by atoms with Crippen molar-refractivity contribution in [3.63, 3.8) is 0 Å². The van der Waals surface area contributed by atoms with E-state index in [9.17, 15) is 16.8 Å². The molecule has 0 aliphatic carbocycles. The zero-order chi connectivity index (χ0) is 13.3. The van der Waals surface area contributed by atoms with Gasteiger partial charge in [-0.3, -0.25) is 0 Å². The Morgan fingerprint density at radius 1 is 1.12 bits per heavy atom. The van der Waals surface area contributed by atoms with Crippen molar-refractivity contribution < 1.29 is 16.8 Å². The predicted molar refractivity (Wildman–Crippen MR) is 68.1 cm³/mol. The summed E-state index contributed by atoms with van der Waals surface area (Å²) in [5.41, 5.74) is 0. The van der Waals surface area contributed by atoms with Crippen LogP contribution >= 0.6 is 0 Å². The number of sulfone groups is 1. The molecule has 1 rings (SSSR count). The third kappa shape index (κ3) is 4.22. The highest BCUT2D eigenvalue weighted by atomic mass is 32.2. The Balaban J connectivity index is 2.64. The van der Waals surface area contributed by atoms with Crippen LogP contribution < -0.4 is 0 Å². The van der Waals surface area contributed by atoms with E-state index in [2.05, 4.69) is 0 Å². The van der Waals surface area contributed by atoms with Crippen molar-refractivity contribution in [1.82, 2.24) is 4.31 Å². The van der Waals surface area contributed by atoms with Gasteiger partial charge in [0.1, 0.15) is 9.84 Å². The van der Waals surface area contributed by atoms with Gasteiger partial charge in [0, 0.05) is 19.3 Å². The Labute approximate surface area is 104 Å². The number of rotatable bonds is 4. The summed E-state index contributed by atoms with van der Waals surface area (Å²) in [7, 11) is -6.25. The fourth-order valence-electron chi connectivity index (χ4n) is 2.07. The molecule has 0 atom stereocenters. The Morgan fingerprint density at radius 3 is 1.94 bits per heavy atom.